The van der Waals surface area contributed by atoms with E-state index in [-0.39, 0.29) is 11.7 Å². The molecule has 0 amide bonds. The largest absolute Gasteiger partial charge is 0.356 e. The molecule has 0 radical (unpaired) electrons. The van der Waals surface area contributed by atoms with Gasteiger partial charge in [0.2, 0.25) is 0 Å². The van der Waals surface area contributed by atoms with Gasteiger partial charge in [0.1, 0.15) is 6.07 Å². The molecule has 126 valence electrons. The van der Waals surface area contributed by atoms with Crippen LogP contribution in [0.5, 0.6) is 0 Å². The number of benzene rings is 1. The van der Waals surface area contributed by atoms with Crippen LogP contribution in [0.4, 0.5) is 0 Å². The maximum atomic E-state index is 13.2. The van der Waals surface area contributed by atoms with Crippen molar-refractivity contribution >= 4 is 5.78 Å². The fourth-order valence-electron chi connectivity index (χ4n) is 4.21. The lowest BCUT2D eigenvalue weighted by Gasteiger charge is -2.30. The van der Waals surface area contributed by atoms with Gasteiger partial charge in [-0.25, -0.2) is 0 Å². The summed E-state index contributed by atoms with van der Waals surface area (Å²) in [6.45, 7) is 0. The molecule has 2 aliphatic heterocycles. The molecule has 5 nitrogen and oxygen atoms in total. The summed E-state index contributed by atoms with van der Waals surface area (Å²) in [5.41, 5.74) is -0.150. The average molecular weight is 340 g/mol. The number of hydrogen-bond acceptors (Lipinski definition) is 5. The third kappa shape index (κ3) is 2.17. The number of carbonyl (C=O) groups is 1. The van der Waals surface area contributed by atoms with Gasteiger partial charge in [-0.2, -0.15) is 15.8 Å². The summed E-state index contributed by atoms with van der Waals surface area (Å²) in [5, 5.41) is 29.3. The quantitative estimate of drug-likeness (QED) is 0.843. The zero-order chi connectivity index (χ0) is 18.3. The van der Waals surface area contributed by atoms with E-state index in [0.29, 0.717) is 5.57 Å². The lowest BCUT2D eigenvalue weighted by Crippen LogP contribution is -2.40. The molecule has 5 heteroatoms. The number of allylic oxidation sites excluding steroid dienone is 2. The Bertz CT molecular complexity index is 923. The number of Topliss-reactive ketones (excluding diaryl/α,β-unsaturated/α-hetero) is 1. The van der Waals surface area contributed by atoms with Crippen LogP contribution < -0.4 is 0 Å². The summed E-state index contributed by atoms with van der Waals surface area (Å²) in [7, 11) is 0. The molecule has 1 saturated carbocycles. The first kappa shape index (κ1) is 16.1. The summed E-state index contributed by atoms with van der Waals surface area (Å²) in [4.78, 5) is 14.9. The van der Waals surface area contributed by atoms with Crippen molar-refractivity contribution < 1.29 is 4.79 Å². The zero-order valence-electron chi connectivity index (χ0n) is 14.0. The zero-order valence-corrected chi connectivity index (χ0v) is 14.0. The maximum absolute atomic E-state index is 13.2. The van der Waals surface area contributed by atoms with E-state index < -0.39 is 23.4 Å². The van der Waals surface area contributed by atoms with Gasteiger partial charge in [0, 0.05) is 18.0 Å². The fraction of sp³-hybridized carbons (Fsp3) is 0.333. The number of nitriles is 3. The predicted octanol–water partition coefficient (Wildman–Crippen LogP) is 2.81. The van der Waals surface area contributed by atoms with Crippen LogP contribution in [0.25, 0.3) is 0 Å². The first-order valence-electron chi connectivity index (χ1n) is 8.65. The molecule has 3 aliphatic rings. The normalized spacial score (nSPS) is 28.3. The van der Waals surface area contributed by atoms with E-state index >= 15 is 0 Å². The Hall–Kier alpha value is -3.36. The van der Waals surface area contributed by atoms with E-state index in [1.165, 1.54) is 0 Å². The molecule has 2 heterocycles. The molecule has 3 atom stereocenters. The molecule has 0 aromatic heterocycles. The standard InChI is InChI=1S/C21H16N4O/c22-10-14-6-9-17-21(12-23,13-24)18(15-4-2-1-3-5-15)19(25(17)11-14)20(26)16-7-8-16/h1-6,9,11,16-19H,7-8H2/t17-,18-,19-/m0/s1. The Kier molecular flexibility index (Phi) is 3.64. The molecule has 1 saturated heterocycles. The highest BCUT2D eigenvalue weighted by molar-refractivity contribution is 5.90. The molecule has 0 spiro atoms. The van der Waals surface area contributed by atoms with E-state index in [0.717, 1.165) is 18.4 Å². The smallest absolute Gasteiger partial charge is 0.176 e. The minimum Gasteiger partial charge on any atom is -0.356 e. The summed E-state index contributed by atoms with van der Waals surface area (Å²) in [5.74, 6) is -0.499. The SMILES string of the molecule is N#CC1=CN2[C@H](C(=O)C3CC3)[C@H](c3ccccc3)C(C#N)(C#N)[C@@H]2C=C1. The lowest BCUT2D eigenvalue weighted by molar-refractivity contribution is -0.124. The van der Waals surface area contributed by atoms with Crippen molar-refractivity contribution in [3.63, 3.8) is 0 Å². The molecule has 1 aromatic carbocycles. The molecule has 1 aliphatic carbocycles. The van der Waals surface area contributed by atoms with Crippen molar-refractivity contribution in [3.8, 4) is 18.2 Å². The number of rotatable bonds is 3. The number of carbonyl (C=O) groups excluding carboxylic acids is 1. The van der Waals surface area contributed by atoms with Gasteiger partial charge >= 0.3 is 0 Å². The number of nitrogens with zero attached hydrogens (tertiary/aromatic N) is 4. The Morgan fingerprint density at radius 1 is 1.12 bits per heavy atom. The number of ketones is 1. The monoisotopic (exact) mass is 340 g/mol. The molecule has 0 unspecified atom stereocenters. The van der Waals surface area contributed by atoms with Gasteiger partial charge < -0.3 is 4.90 Å². The van der Waals surface area contributed by atoms with E-state index in [9.17, 15) is 20.6 Å². The van der Waals surface area contributed by atoms with Crippen LogP contribution in [-0.4, -0.2) is 22.8 Å². The van der Waals surface area contributed by atoms with Gasteiger partial charge in [-0.15, -0.1) is 0 Å². The van der Waals surface area contributed by atoms with E-state index in [2.05, 4.69) is 18.2 Å². The third-order valence-corrected chi connectivity index (χ3v) is 5.59. The first-order chi connectivity index (χ1) is 12.7. The van der Waals surface area contributed by atoms with Crippen LogP contribution in [0, 0.1) is 45.3 Å². The molecular weight excluding hydrogens is 324 g/mol. The van der Waals surface area contributed by atoms with Crippen LogP contribution in [0.15, 0.2) is 54.3 Å². The van der Waals surface area contributed by atoms with Crippen LogP contribution >= 0.6 is 0 Å². The van der Waals surface area contributed by atoms with E-state index in [4.69, 9.17) is 0 Å². The Morgan fingerprint density at radius 3 is 2.38 bits per heavy atom. The van der Waals surface area contributed by atoms with Gasteiger partial charge in [-0.1, -0.05) is 36.4 Å². The summed E-state index contributed by atoms with van der Waals surface area (Å²) < 4.78 is 0. The van der Waals surface area contributed by atoms with Gasteiger partial charge in [-0.3, -0.25) is 4.79 Å². The molecular formula is C21H16N4O. The second-order valence-corrected chi connectivity index (χ2v) is 7.05. The Morgan fingerprint density at radius 2 is 1.81 bits per heavy atom. The van der Waals surface area contributed by atoms with Gasteiger partial charge in [0.05, 0.1) is 29.8 Å². The second-order valence-electron chi connectivity index (χ2n) is 7.05. The number of fused-ring (bicyclic) bond motifs is 1. The molecule has 26 heavy (non-hydrogen) atoms. The summed E-state index contributed by atoms with van der Waals surface area (Å²) in [6, 6.07) is 14.7. The highest BCUT2D eigenvalue weighted by Crippen LogP contribution is 2.54. The maximum Gasteiger partial charge on any atom is 0.176 e. The number of hydrogen-bond donors (Lipinski definition) is 0. The Labute approximate surface area is 152 Å². The molecule has 2 fully saturated rings. The second kappa shape index (κ2) is 5.87. The van der Waals surface area contributed by atoms with Crippen LogP contribution in [-0.2, 0) is 4.79 Å². The minimum atomic E-state index is -1.38. The van der Waals surface area contributed by atoms with Gasteiger partial charge in [0.25, 0.3) is 0 Å². The molecule has 4 rings (SSSR count). The Balaban J connectivity index is 1.93. The summed E-state index contributed by atoms with van der Waals surface area (Å²) >= 11 is 0. The highest BCUT2D eigenvalue weighted by Gasteiger charge is 2.63. The van der Waals surface area contributed by atoms with E-state index in [1.54, 1.807) is 23.3 Å². The van der Waals surface area contributed by atoms with Crippen molar-refractivity contribution in [1.29, 1.82) is 15.8 Å². The predicted molar refractivity (Wildman–Crippen MR) is 92.8 cm³/mol. The van der Waals surface area contributed by atoms with E-state index in [1.807, 2.05) is 30.3 Å². The van der Waals surface area contributed by atoms with Crippen LogP contribution in [0.3, 0.4) is 0 Å². The van der Waals surface area contributed by atoms with Crippen molar-refractivity contribution in [2.45, 2.75) is 30.8 Å². The van der Waals surface area contributed by atoms with Gasteiger partial charge in [0.15, 0.2) is 11.2 Å². The molecule has 0 bridgehead atoms. The van der Waals surface area contributed by atoms with Crippen molar-refractivity contribution in [3.05, 3.63) is 59.8 Å². The average Bonchev–Trinajstić information content (AvgIpc) is 3.50. The first-order valence-corrected chi connectivity index (χ1v) is 8.65. The van der Waals surface area contributed by atoms with Crippen LogP contribution in [0.1, 0.15) is 24.3 Å². The van der Waals surface area contributed by atoms with Crippen molar-refractivity contribution in [1.82, 2.24) is 4.90 Å². The van der Waals surface area contributed by atoms with Crippen molar-refractivity contribution in [2.75, 3.05) is 0 Å². The van der Waals surface area contributed by atoms with Crippen molar-refractivity contribution in [2.24, 2.45) is 11.3 Å². The third-order valence-electron chi connectivity index (χ3n) is 5.59. The topological polar surface area (TPSA) is 91.7 Å². The molecule has 1 aromatic rings. The summed E-state index contributed by atoms with van der Waals surface area (Å²) in [6.07, 6.45) is 6.71. The highest BCUT2D eigenvalue weighted by atomic mass is 16.1. The lowest BCUT2D eigenvalue weighted by atomic mass is 9.69. The minimum absolute atomic E-state index is 0.00936. The van der Waals surface area contributed by atoms with Gasteiger partial charge in [-0.05, 0) is 24.5 Å². The van der Waals surface area contributed by atoms with Crippen LogP contribution in [0.2, 0.25) is 0 Å². The fourth-order valence-corrected chi connectivity index (χ4v) is 4.21. The molecule has 0 N–H and O–H groups in total.